The minimum atomic E-state index is -0.181. The van der Waals surface area contributed by atoms with Gasteiger partial charge in [0.25, 0.3) is 0 Å². The van der Waals surface area contributed by atoms with Crippen LogP contribution in [0.1, 0.15) is 25.3 Å². The van der Waals surface area contributed by atoms with Gasteiger partial charge in [-0.25, -0.2) is 4.39 Å². The number of piperidine rings is 1. The van der Waals surface area contributed by atoms with Crippen LogP contribution in [0.2, 0.25) is 0 Å². The summed E-state index contributed by atoms with van der Waals surface area (Å²) in [5.41, 5.74) is 1.14. The first-order chi connectivity index (χ1) is 9.69. The molecule has 1 aliphatic heterocycles. The molecule has 1 heterocycles. The van der Waals surface area contributed by atoms with E-state index < -0.39 is 0 Å². The van der Waals surface area contributed by atoms with E-state index in [1.165, 1.54) is 25.0 Å². The van der Waals surface area contributed by atoms with Crippen molar-refractivity contribution in [1.82, 2.24) is 10.2 Å². The van der Waals surface area contributed by atoms with Gasteiger partial charge in [-0.15, -0.1) is 24.0 Å². The topological polar surface area (TPSA) is 27.6 Å². The number of nitrogens with one attached hydrogen (secondary N) is 1. The average molecular weight is 405 g/mol. The second-order valence-corrected chi connectivity index (χ2v) is 5.54. The lowest BCUT2D eigenvalue weighted by Crippen LogP contribution is -2.46. The predicted octanol–water partition coefficient (Wildman–Crippen LogP) is 3.29. The van der Waals surface area contributed by atoms with Gasteiger partial charge in [-0.3, -0.25) is 4.99 Å². The second kappa shape index (κ2) is 9.23. The highest BCUT2D eigenvalue weighted by Gasteiger charge is 2.18. The van der Waals surface area contributed by atoms with Crippen molar-refractivity contribution in [3.05, 3.63) is 35.6 Å². The van der Waals surface area contributed by atoms with Crippen LogP contribution in [0.15, 0.2) is 29.3 Å². The Morgan fingerprint density at radius 3 is 2.71 bits per heavy atom. The Kier molecular flexibility index (Phi) is 8.00. The normalized spacial score (nSPS) is 19.1. The molecule has 0 saturated carbocycles. The summed E-state index contributed by atoms with van der Waals surface area (Å²) in [6.45, 7) is 5.28. The van der Waals surface area contributed by atoms with Gasteiger partial charge in [0.2, 0.25) is 0 Å². The van der Waals surface area contributed by atoms with Gasteiger partial charge in [-0.2, -0.15) is 0 Å². The molecule has 118 valence electrons. The summed E-state index contributed by atoms with van der Waals surface area (Å²) >= 11 is 0. The maximum atomic E-state index is 12.8. The summed E-state index contributed by atoms with van der Waals surface area (Å²) in [6, 6.07) is 6.69. The van der Waals surface area contributed by atoms with Crippen LogP contribution >= 0.6 is 24.0 Å². The first kappa shape index (κ1) is 18.2. The van der Waals surface area contributed by atoms with Crippen molar-refractivity contribution in [2.45, 2.75) is 26.2 Å². The first-order valence-corrected chi connectivity index (χ1v) is 7.39. The number of aliphatic imine (C=N–C) groups is 1. The largest absolute Gasteiger partial charge is 0.356 e. The van der Waals surface area contributed by atoms with Gasteiger partial charge in [0.1, 0.15) is 5.82 Å². The maximum Gasteiger partial charge on any atom is 0.193 e. The van der Waals surface area contributed by atoms with Crippen LogP contribution in [0.5, 0.6) is 0 Å². The van der Waals surface area contributed by atoms with Crippen LogP contribution in [0.25, 0.3) is 0 Å². The predicted molar refractivity (Wildman–Crippen MR) is 96.9 cm³/mol. The number of benzene rings is 1. The number of hydrogen-bond acceptors (Lipinski definition) is 1. The van der Waals surface area contributed by atoms with E-state index in [4.69, 9.17) is 0 Å². The zero-order chi connectivity index (χ0) is 14.4. The minimum absolute atomic E-state index is 0. The molecule has 21 heavy (non-hydrogen) atoms. The van der Waals surface area contributed by atoms with Crippen molar-refractivity contribution in [3.63, 3.8) is 0 Å². The van der Waals surface area contributed by atoms with E-state index in [-0.39, 0.29) is 29.8 Å². The number of nitrogens with zero attached hydrogens (tertiary/aromatic N) is 2. The molecule has 1 saturated heterocycles. The molecule has 0 spiro atoms. The average Bonchev–Trinajstić information content (AvgIpc) is 2.45. The summed E-state index contributed by atoms with van der Waals surface area (Å²) in [6.07, 6.45) is 3.42. The van der Waals surface area contributed by atoms with Gasteiger partial charge in [-0.05, 0) is 42.9 Å². The second-order valence-electron chi connectivity index (χ2n) is 5.54. The molecule has 1 unspecified atom stereocenters. The van der Waals surface area contributed by atoms with Crippen LogP contribution in [0.4, 0.5) is 4.39 Å². The van der Waals surface area contributed by atoms with E-state index in [9.17, 15) is 4.39 Å². The van der Waals surface area contributed by atoms with Gasteiger partial charge in [-0.1, -0.05) is 19.1 Å². The first-order valence-electron chi connectivity index (χ1n) is 7.39. The molecule has 3 nitrogen and oxygen atoms in total. The highest BCUT2D eigenvalue weighted by atomic mass is 127. The Labute approximate surface area is 144 Å². The summed E-state index contributed by atoms with van der Waals surface area (Å²) < 4.78 is 12.8. The van der Waals surface area contributed by atoms with Gasteiger partial charge in [0, 0.05) is 26.7 Å². The molecule has 0 amide bonds. The molecule has 0 aliphatic carbocycles. The summed E-state index contributed by atoms with van der Waals surface area (Å²) in [5, 5.41) is 3.40. The molecule has 0 radical (unpaired) electrons. The smallest absolute Gasteiger partial charge is 0.193 e. The van der Waals surface area contributed by atoms with Crippen molar-refractivity contribution in [3.8, 4) is 0 Å². The fraction of sp³-hybridized carbons (Fsp3) is 0.562. The van der Waals surface area contributed by atoms with Gasteiger partial charge >= 0.3 is 0 Å². The van der Waals surface area contributed by atoms with E-state index in [0.29, 0.717) is 0 Å². The number of halogens is 2. The Morgan fingerprint density at radius 1 is 1.38 bits per heavy atom. The van der Waals surface area contributed by atoms with Crippen molar-refractivity contribution in [2.24, 2.45) is 10.9 Å². The van der Waals surface area contributed by atoms with Crippen LogP contribution in [-0.4, -0.2) is 37.5 Å². The molecule has 0 aromatic heterocycles. The Hall–Kier alpha value is -0.850. The van der Waals surface area contributed by atoms with Crippen LogP contribution in [0, 0.1) is 11.7 Å². The minimum Gasteiger partial charge on any atom is -0.356 e. The Balaban J connectivity index is 0.00000220. The van der Waals surface area contributed by atoms with Crippen molar-refractivity contribution in [1.29, 1.82) is 0 Å². The van der Waals surface area contributed by atoms with Crippen LogP contribution < -0.4 is 5.32 Å². The molecule has 1 fully saturated rings. The zero-order valence-corrected chi connectivity index (χ0v) is 15.1. The molecule has 1 aromatic rings. The number of guanidine groups is 1. The van der Waals surface area contributed by atoms with E-state index in [1.807, 2.05) is 19.2 Å². The lowest BCUT2D eigenvalue weighted by atomic mass is 10.0. The number of hydrogen-bond donors (Lipinski definition) is 1. The molecule has 1 N–H and O–H groups in total. The van der Waals surface area contributed by atoms with E-state index in [2.05, 4.69) is 22.1 Å². The van der Waals surface area contributed by atoms with Crippen molar-refractivity contribution in [2.75, 3.05) is 26.7 Å². The standard InChI is InChI=1S/C16H24FN3.HI/c1-13-4-3-11-20(12-13)16(18-2)19-10-9-14-5-7-15(17)8-6-14;/h5-8,13H,3-4,9-12H2,1-2H3,(H,18,19);1H. The SMILES string of the molecule is CN=C(NCCc1ccc(F)cc1)N1CCCC(C)C1.I. The number of likely N-dealkylation sites (tertiary alicyclic amines) is 1. The van der Waals surface area contributed by atoms with E-state index in [0.717, 1.165) is 43.5 Å². The maximum absolute atomic E-state index is 12.8. The highest BCUT2D eigenvalue weighted by Crippen LogP contribution is 2.15. The molecule has 0 bridgehead atoms. The Morgan fingerprint density at radius 2 is 2.10 bits per heavy atom. The van der Waals surface area contributed by atoms with Gasteiger partial charge < -0.3 is 10.2 Å². The fourth-order valence-corrected chi connectivity index (χ4v) is 2.68. The van der Waals surface area contributed by atoms with Gasteiger partial charge in [0.15, 0.2) is 5.96 Å². The van der Waals surface area contributed by atoms with Crippen LogP contribution in [-0.2, 0) is 6.42 Å². The van der Waals surface area contributed by atoms with E-state index in [1.54, 1.807) is 0 Å². The van der Waals surface area contributed by atoms with Gasteiger partial charge in [0.05, 0.1) is 0 Å². The number of rotatable bonds is 3. The Bertz CT molecular complexity index is 447. The molecular formula is C16H25FIN3. The monoisotopic (exact) mass is 405 g/mol. The molecule has 1 atom stereocenters. The summed E-state index contributed by atoms with van der Waals surface area (Å²) in [4.78, 5) is 6.70. The third-order valence-electron chi connectivity index (χ3n) is 3.78. The van der Waals surface area contributed by atoms with Crippen molar-refractivity contribution >= 4 is 29.9 Å². The third kappa shape index (κ3) is 5.80. The lowest BCUT2D eigenvalue weighted by molar-refractivity contribution is 0.266. The lowest BCUT2D eigenvalue weighted by Gasteiger charge is -2.33. The molecule has 1 aromatic carbocycles. The van der Waals surface area contributed by atoms with E-state index >= 15 is 0 Å². The zero-order valence-electron chi connectivity index (χ0n) is 12.8. The van der Waals surface area contributed by atoms with Crippen molar-refractivity contribution < 1.29 is 4.39 Å². The quantitative estimate of drug-likeness (QED) is 0.475. The highest BCUT2D eigenvalue weighted by molar-refractivity contribution is 14.0. The fourth-order valence-electron chi connectivity index (χ4n) is 2.68. The summed E-state index contributed by atoms with van der Waals surface area (Å²) in [7, 11) is 1.83. The summed E-state index contributed by atoms with van der Waals surface area (Å²) in [5.74, 6) is 1.54. The molecule has 2 rings (SSSR count). The molecule has 5 heteroatoms. The van der Waals surface area contributed by atoms with Crippen LogP contribution in [0.3, 0.4) is 0 Å². The molecule has 1 aliphatic rings. The third-order valence-corrected chi connectivity index (χ3v) is 3.78. The molecular weight excluding hydrogens is 380 g/mol.